The highest BCUT2D eigenvalue weighted by Gasteiger charge is 2.17. The molecule has 1 N–H and O–H groups in total. The summed E-state index contributed by atoms with van der Waals surface area (Å²) in [5.74, 6) is -1.16. The molecule has 0 saturated heterocycles. The molecule has 7 heteroatoms. The summed E-state index contributed by atoms with van der Waals surface area (Å²) in [5.41, 5.74) is 0.815. The quantitative estimate of drug-likeness (QED) is 0.628. The minimum Gasteiger partial charge on any atom is -0.478 e. The molecule has 0 radical (unpaired) electrons. The predicted octanol–water partition coefficient (Wildman–Crippen LogP) is 6.32. The Kier molecular flexibility index (Phi) is 4.73. The van der Waals surface area contributed by atoms with Gasteiger partial charge >= 0.3 is 5.97 Å². The fraction of sp³-hybridized carbons (Fsp3) is 0. The Morgan fingerprint density at radius 2 is 1.15 bits per heavy atom. The summed E-state index contributed by atoms with van der Waals surface area (Å²) in [4.78, 5) is 11.1. The smallest absolute Gasteiger partial charge is 0.337 e. The Bertz CT molecular complexity index is 712. The van der Waals surface area contributed by atoms with Crippen molar-refractivity contribution in [1.29, 1.82) is 0 Å². The van der Waals surface area contributed by atoms with Crippen LogP contribution in [0, 0.1) is 0 Å². The van der Waals surface area contributed by atoms with Gasteiger partial charge in [-0.3, -0.25) is 0 Å². The maximum absolute atomic E-state index is 11.1. The second kappa shape index (κ2) is 6.00. The first-order valence-electron chi connectivity index (χ1n) is 5.18. The molecule has 20 heavy (non-hydrogen) atoms. The Hall–Kier alpha value is -0.640. The summed E-state index contributed by atoms with van der Waals surface area (Å²) in [7, 11) is 0. The average molecular weight is 370 g/mol. The zero-order valence-corrected chi connectivity index (χ0v) is 13.3. The molecular formula is C13H5Cl5O2. The number of aromatic carboxylic acids is 1. The third kappa shape index (κ3) is 3.00. The van der Waals surface area contributed by atoms with Gasteiger partial charge in [0.05, 0.1) is 25.7 Å². The van der Waals surface area contributed by atoms with Crippen LogP contribution in [0.5, 0.6) is 0 Å². The zero-order chi connectivity index (χ0) is 15.0. The standard InChI is InChI=1S/C13H5Cl5O2/c14-8-3-10(16)7(13(19)20)1-5(8)6-2-11(17)12(18)4-9(6)15/h1-4H,(H,19,20). The van der Waals surface area contributed by atoms with Crippen LogP contribution in [0.2, 0.25) is 25.1 Å². The number of carboxylic acid groups (broad SMARTS) is 1. The van der Waals surface area contributed by atoms with Gasteiger partial charge in [-0.2, -0.15) is 0 Å². The molecule has 2 aromatic carbocycles. The highest BCUT2D eigenvalue weighted by atomic mass is 35.5. The Morgan fingerprint density at radius 1 is 0.700 bits per heavy atom. The van der Waals surface area contributed by atoms with Crippen molar-refractivity contribution in [3.8, 4) is 11.1 Å². The van der Waals surface area contributed by atoms with E-state index in [1.54, 1.807) is 0 Å². The van der Waals surface area contributed by atoms with Gasteiger partial charge < -0.3 is 5.11 Å². The third-order valence-electron chi connectivity index (χ3n) is 2.59. The lowest BCUT2D eigenvalue weighted by atomic mass is 10.0. The van der Waals surface area contributed by atoms with E-state index in [1.165, 1.54) is 24.3 Å². The first-order valence-corrected chi connectivity index (χ1v) is 7.07. The van der Waals surface area contributed by atoms with Crippen LogP contribution < -0.4 is 0 Å². The van der Waals surface area contributed by atoms with Crippen LogP contribution in [-0.2, 0) is 0 Å². The Balaban J connectivity index is 2.73. The number of carboxylic acids is 1. The number of hydrogen-bond acceptors (Lipinski definition) is 1. The molecule has 0 amide bonds. The topological polar surface area (TPSA) is 37.3 Å². The number of halogens is 5. The van der Waals surface area contributed by atoms with Gasteiger partial charge in [0, 0.05) is 16.1 Å². The second-order valence-corrected chi connectivity index (χ2v) is 5.90. The molecule has 0 heterocycles. The molecule has 2 aromatic rings. The van der Waals surface area contributed by atoms with E-state index in [2.05, 4.69) is 0 Å². The molecular weight excluding hydrogens is 365 g/mol. The van der Waals surface area contributed by atoms with E-state index in [4.69, 9.17) is 63.1 Å². The molecule has 0 aromatic heterocycles. The molecule has 0 aliphatic carbocycles. The zero-order valence-electron chi connectivity index (χ0n) is 9.55. The van der Waals surface area contributed by atoms with Crippen molar-refractivity contribution in [2.75, 3.05) is 0 Å². The second-order valence-electron chi connectivity index (χ2n) is 3.86. The fourth-order valence-corrected chi connectivity index (χ4v) is 2.86. The third-order valence-corrected chi connectivity index (χ3v) is 4.25. The normalized spacial score (nSPS) is 10.7. The van der Waals surface area contributed by atoms with Gasteiger partial charge in [-0.1, -0.05) is 58.0 Å². The predicted molar refractivity (Wildman–Crippen MR) is 83.9 cm³/mol. The number of hydrogen-bond donors (Lipinski definition) is 1. The van der Waals surface area contributed by atoms with Crippen molar-refractivity contribution in [3.05, 3.63) is 54.9 Å². The number of rotatable bonds is 2. The van der Waals surface area contributed by atoms with Crippen LogP contribution in [0.3, 0.4) is 0 Å². The molecule has 0 saturated carbocycles. The van der Waals surface area contributed by atoms with Crippen molar-refractivity contribution in [3.63, 3.8) is 0 Å². The first-order chi connectivity index (χ1) is 9.31. The minimum atomic E-state index is -1.16. The van der Waals surface area contributed by atoms with E-state index in [0.29, 0.717) is 21.2 Å². The van der Waals surface area contributed by atoms with Crippen LogP contribution >= 0.6 is 58.0 Å². The largest absolute Gasteiger partial charge is 0.478 e. The van der Waals surface area contributed by atoms with E-state index in [9.17, 15) is 4.79 Å². The van der Waals surface area contributed by atoms with Crippen LogP contribution in [0.25, 0.3) is 11.1 Å². The highest BCUT2D eigenvalue weighted by molar-refractivity contribution is 6.44. The van der Waals surface area contributed by atoms with Crippen molar-refractivity contribution >= 4 is 64.0 Å². The van der Waals surface area contributed by atoms with Crippen LogP contribution in [0.1, 0.15) is 10.4 Å². The molecule has 2 nitrogen and oxygen atoms in total. The molecule has 2 rings (SSSR count). The Labute approximate surface area is 139 Å². The lowest BCUT2D eigenvalue weighted by Gasteiger charge is -2.11. The molecule has 0 aliphatic rings. The van der Waals surface area contributed by atoms with Crippen molar-refractivity contribution < 1.29 is 9.90 Å². The highest BCUT2D eigenvalue weighted by Crippen LogP contribution is 2.40. The molecule has 0 aliphatic heterocycles. The van der Waals surface area contributed by atoms with Crippen LogP contribution in [0.4, 0.5) is 0 Å². The first kappa shape index (κ1) is 15.7. The number of benzene rings is 2. The van der Waals surface area contributed by atoms with Gasteiger partial charge in [0.1, 0.15) is 0 Å². The van der Waals surface area contributed by atoms with E-state index in [1.807, 2.05) is 0 Å². The minimum absolute atomic E-state index is 0.0439. The van der Waals surface area contributed by atoms with E-state index < -0.39 is 5.97 Å². The van der Waals surface area contributed by atoms with Crippen molar-refractivity contribution in [1.82, 2.24) is 0 Å². The molecule has 104 valence electrons. The molecule has 0 unspecified atom stereocenters. The van der Waals surface area contributed by atoms with E-state index in [-0.39, 0.29) is 20.6 Å². The molecule has 0 bridgehead atoms. The average Bonchev–Trinajstić information content (AvgIpc) is 2.34. The Morgan fingerprint density at radius 3 is 1.70 bits per heavy atom. The molecule has 0 spiro atoms. The van der Waals surface area contributed by atoms with Gasteiger partial charge in [-0.15, -0.1) is 0 Å². The molecule has 0 atom stereocenters. The van der Waals surface area contributed by atoms with Gasteiger partial charge in [-0.05, 0) is 24.3 Å². The van der Waals surface area contributed by atoms with Crippen molar-refractivity contribution in [2.24, 2.45) is 0 Å². The summed E-state index contributed by atoms with van der Waals surface area (Å²) in [6, 6.07) is 5.68. The summed E-state index contributed by atoms with van der Waals surface area (Å²) in [6.07, 6.45) is 0. The van der Waals surface area contributed by atoms with Gasteiger partial charge in [0.25, 0.3) is 0 Å². The van der Waals surface area contributed by atoms with Crippen molar-refractivity contribution in [2.45, 2.75) is 0 Å². The van der Waals surface area contributed by atoms with E-state index >= 15 is 0 Å². The molecule has 0 fully saturated rings. The number of carbonyl (C=O) groups is 1. The SMILES string of the molecule is O=C(O)c1cc(-c2cc(Cl)c(Cl)cc2Cl)c(Cl)cc1Cl. The summed E-state index contributed by atoms with van der Waals surface area (Å²) in [6.45, 7) is 0. The maximum atomic E-state index is 11.1. The lowest BCUT2D eigenvalue weighted by Crippen LogP contribution is -1.98. The summed E-state index contributed by atoms with van der Waals surface area (Å²) >= 11 is 29.8. The van der Waals surface area contributed by atoms with Gasteiger partial charge in [0.2, 0.25) is 0 Å². The van der Waals surface area contributed by atoms with Crippen LogP contribution in [0.15, 0.2) is 24.3 Å². The summed E-state index contributed by atoms with van der Waals surface area (Å²) < 4.78 is 0. The van der Waals surface area contributed by atoms with Gasteiger partial charge in [0.15, 0.2) is 0 Å². The summed E-state index contributed by atoms with van der Waals surface area (Å²) in [5, 5.41) is 10.3. The lowest BCUT2D eigenvalue weighted by molar-refractivity contribution is 0.0697. The fourth-order valence-electron chi connectivity index (χ4n) is 1.65. The monoisotopic (exact) mass is 368 g/mol. The van der Waals surface area contributed by atoms with E-state index in [0.717, 1.165) is 0 Å². The van der Waals surface area contributed by atoms with Gasteiger partial charge in [-0.25, -0.2) is 4.79 Å². The van der Waals surface area contributed by atoms with Crippen LogP contribution in [-0.4, -0.2) is 11.1 Å². The maximum Gasteiger partial charge on any atom is 0.337 e.